The first-order valence-electron chi connectivity index (χ1n) is 8.29. The van der Waals surface area contributed by atoms with Crippen molar-refractivity contribution in [3.8, 4) is 0 Å². The second-order valence-corrected chi connectivity index (χ2v) is 6.59. The molecule has 120 valence electrons. The molecule has 0 saturated carbocycles. The number of ether oxygens (including phenoxy) is 1. The average Bonchev–Trinajstić information content (AvgIpc) is 2.55. The topological polar surface area (TPSA) is 32.8 Å². The Morgan fingerprint density at radius 1 is 1.27 bits per heavy atom. The Hall–Kier alpha value is -1.39. The van der Waals surface area contributed by atoms with Crippen LogP contribution >= 0.6 is 0 Å². The standard InChI is InChI=1S/C18H26N2O2/c1-19(2)15-7-10-20(11-8-15)18(21)13-17-16-6-4-3-5-14(16)9-12-22-17/h3-6,15,17H,7-13H2,1-2H3/t17-/m1/s1. The zero-order chi connectivity index (χ0) is 15.5. The molecule has 0 N–H and O–H groups in total. The fourth-order valence-corrected chi connectivity index (χ4v) is 3.57. The molecule has 0 aromatic heterocycles. The molecule has 2 heterocycles. The quantitative estimate of drug-likeness (QED) is 0.858. The molecule has 2 aliphatic heterocycles. The van der Waals surface area contributed by atoms with Crippen LogP contribution in [-0.4, -0.2) is 55.5 Å². The highest BCUT2D eigenvalue weighted by Crippen LogP contribution is 2.30. The first-order valence-corrected chi connectivity index (χ1v) is 8.29. The van der Waals surface area contributed by atoms with Gasteiger partial charge in [-0.25, -0.2) is 0 Å². The zero-order valence-corrected chi connectivity index (χ0v) is 13.6. The molecule has 22 heavy (non-hydrogen) atoms. The molecule has 4 heteroatoms. The minimum atomic E-state index is -0.0657. The number of hydrogen-bond acceptors (Lipinski definition) is 3. The van der Waals surface area contributed by atoms with Crippen LogP contribution < -0.4 is 0 Å². The second-order valence-electron chi connectivity index (χ2n) is 6.59. The summed E-state index contributed by atoms with van der Waals surface area (Å²) in [4.78, 5) is 16.9. The monoisotopic (exact) mass is 302 g/mol. The third-order valence-electron chi connectivity index (χ3n) is 5.00. The van der Waals surface area contributed by atoms with Gasteiger partial charge in [-0.2, -0.15) is 0 Å². The number of fused-ring (bicyclic) bond motifs is 1. The van der Waals surface area contributed by atoms with E-state index in [1.54, 1.807) is 0 Å². The number of piperidine rings is 1. The zero-order valence-electron chi connectivity index (χ0n) is 13.6. The molecule has 1 saturated heterocycles. The number of carbonyl (C=O) groups is 1. The van der Waals surface area contributed by atoms with E-state index >= 15 is 0 Å². The molecule has 2 aliphatic rings. The van der Waals surface area contributed by atoms with Crippen LogP contribution in [0.4, 0.5) is 0 Å². The summed E-state index contributed by atoms with van der Waals surface area (Å²) in [5, 5.41) is 0. The summed E-state index contributed by atoms with van der Waals surface area (Å²) < 4.78 is 5.87. The van der Waals surface area contributed by atoms with Gasteiger partial charge in [0.05, 0.1) is 19.1 Å². The highest BCUT2D eigenvalue weighted by Gasteiger charge is 2.28. The van der Waals surface area contributed by atoms with E-state index in [9.17, 15) is 4.79 Å². The van der Waals surface area contributed by atoms with E-state index in [1.807, 2.05) is 11.0 Å². The van der Waals surface area contributed by atoms with E-state index in [4.69, 9.17) is 4.74 Å². The predicted octanol–water partition coefficient (Wildman–Crippen LogP) is 2.24. The van der Waals surface area contributed by atoms with Crippen LogP contribution in [0, 0.1) is 0 Å². The van der Waals surface area contributed by atoms with Gasteiger partial charge in [-0.3, -0.25) is 4.79 Å². The number of carbonyl (C=O) groups excluding carboxylic acids is 1. The van der Waals surface area contributed by atoms with Crippen molar-refractivity contribution >= 4 is 5.91 Å². The molecule has 1 aromatic rings. The lowest BCUT2D eigenvalue weighted by molar-refractivity contribution is -0.136. The summed E-state index contributed by atoms with van der Waals surface area (Å²) in [5.74, 6) is 0.235. The third kappa shape index (κ3) is 3.33. The van der Waals surface area contributed by atoms with Gasteiger partial charge < -0.3 is 14.5 Å². The van der Waals surface area contributed by atoms with Gasteiger partial charge in [0.25, 0.3) is 0 Å². The van der Waals surface area contributed by atoms with Crippen LogP contribution in [0.2, 0.25) is 0 Å². The molecule has 4 nitrogen and oxygen atoms in total. The van der Waals surface area contributed by atoms with Crippen LogP contribution in [-0.2, 0) is 16.0 Å². The van der Waals surface area contributed by atoms with Crippen molar-refractivity contribution < 1.29 is 9.53 Å². The summed E-state index contributed by atoms with van der Waals surface area (Å²) >= 11 is 0. The number of hydrogen-bond donors (Lipinski definition) is 0. The molecule has 0 aliphatic carbocycles. The normalized spacial score (nSPS) is 22.7. The smallest absolute Gasteiger partial charge is 0.225 e. The Bertz CT molecular complexity index is 522. The van der Waals surface area contributed by atoms with Crippen LogP contribution in [0.3, 0.4) is 0 Å². The molecule has 0 spiro atoms. The van der Waals surface area contributed by atoms with Crippen molar-refractivity contribution in [1.82, 2.24) is 9.80 Å². The summed E-state index contributed by atoms with van der Waals surface area (Å²) in [7, 11) is 4.24. The molecule has 3 rings (SSSR count). The Balaban J connectivity index is 1.59. The minimum Gasteiger partial charge on any atom is -0.373 e. The molecule has 1 atom stereocenters. The van der Waals surface area contributed by atoms with Gasteiger partial charge in [0, 0.05) is 19.1 Å². The first kappa shape index (κ1) is 15.5. The maximum Gasteiger partial charge on any atom is 0.225 e. The lowest BCUT2D eigenvalue weighted by Crippen LogP contribution is -2.44. The van der Waals surface area contributed by atoms with E-state index in [0.717, 1.165) is 39.0 Å². The fourth-order valence-electron chi connectivity index (χ4n) is 3.57. The lowest BCUT2D eigenvalue weighted by Gasteiger charge is -2.36. The van der Waals surface area contributed by atoms with Gasteiger partial charge in [0.2, 0.25) is 5.91 Å². The Labute approximate surface area is 133 Å². The van der Waals surface area contributed by atoms with E-state index < -0.39 is 0 Å². The molecular formula is C18H26N2O2. The van der Waals surface area contributed by atoms with Gasteiger partial charge >= 0.3 is 0 Å². The largest absolute Gasteiger partial charge is 0.373 e. The number of amides is 1. The Morgan fingerprint density at radius 3 is 2.73 bits per heavy atom. The van der Waals surface area contributed by atoms with Crippen LogP contribution in [0.5, 0.6) is 0 Å². The molecule has 1 amide bonds. The maximum atomic E-state index is 12.6. The number of benzene rings is 1. The number of rotatable bonds is 3. The van der Waals surface area contributed by atoms with Crippen molar-refractivity contribution in [3.63, 3.8) is 0 Å². The van der Waals surface area contributed by atoms with Crippen molar-refractivity contribution in [2.45, 2.75) is 37.8 Å². The summed E-state index contributed by atoms with van der Waals surface area (Å²) in [5.41, 5.74) is 2.53. The van der Waals surface area contributed by atoms with E-state index in [2.05, 4.69) is 37.2 Å². The van der Waals surface area contributed by atoms with Crippen LogP contribution in [0.1, 0.15) is 36.5 Å². The van der Waals surface area contributed by atoms with Crippen molar-refractivity contribution in [3.05, 3.63) is 35.4 Å². The van der Waals surface area contributed by atoms with Crippen molar-refractivity contribution in [2.24, 2.45) is 0 Å². The molecule has 0 unspecified atom stereocenters. The van der Waals surface area contributed by atoms with Crippen molar-refractivity contribution in [1.29, 1.82) is 0 Å². The summed E-state index contributed by atoms with van der Waals surface area (Å²) in [6, 6.07) is 8.96. The predicted molar refractivity (Wildman–Crippen MR) is 86.7 cm³/mol. The molecule has 1 aromatic carbocycles. The molecule has 0 bridgehead atoms. The van der Waals surface area contributed by atoms with E-state index in [1.165, 1.54) is 11.1 Å². The van der Waals surface area contributed by atoms with Gasteiger partial charge in [0.1, 0.15) is 0 Å². The maximum absolute atomic E-state index is 12.6. The Kier molecular flexibility index (Phi) is 4.79. The van der Waals surface area contributed by atoms with Gasteiger partial charge in [0.15, 0.2) is 0 Å². The fraction of sp³-hybridized carbons (Fsp3) is 0.611. The molecule has 1 fully saturated rings. The highest BCUT2D eigenvalue weighted by atomic mass is 16.5. The van der Waals surface area contributed by atoms with E-state index in [0.29, 0.717) is 12.5 Å². The number of likely N-dealkylation sites (tertiary alicyclic amines) is 1. The van der Waals surface area contributed by atoms with Gasteiger partial charge in [-0.05, 0) is 44.5 Å². The number of nitrogens with zero attached hydrogens (tertiary/aromatic N) is 2. The van der Waals surface area contributed by atoms with Crippen LogP contribution in [0.15, 0.2) is 24.3 Å². The van der Waals surface area contributed by atoms with Crippen LogP contribution in [0.25, 0.3) is 0 Å². The first-order chi connectivity index (χ1) is 10.6. The lowest BCUT2D eigenvalue weighted by atomic mass is 9.95. The average molecular weight is 302 g/mol. The third-order valence-corrected chi connectivity index (χ3v) is 5.00. The SMILES string of the molecule is CN(C)C1CCN(C(=O)C[C@H]2OCCc3ccccc32)CC1. The Morgan fingerprint density at radius 2 is 2.00 bits per heavy atom. The van der Waals surface area contributed by atoms with Crippen molar-refractivity contribution in [2.75, 3.05) is 33.8 Å². The second kappa shape index (κ2) is 6.80. The van der Waals surface area contributed by atoms with Gasteiger partial charge in [-0.1, -0.05) is 24.3 Å². The van der Waals surface area contributed by atoms with E-state index in [-0.39, 0.29) is 12.0 Å². The summed E-state index contributed by atoms with van der Waals surface area (Å²) in [6.07, 6.45) is 3.50. The minimum absolute atomic E-state index is 0.0657. The molecular weight excluding hydrogens is 276 g/mol. The summed E-state index contributed by atoms with van der Waals surface area (Å²) in [6.45, 7) is 2.46. The van der Waals surface area contributed by atoms with Gasteiger partial charge in [-0.15, -0.1) is 0 Å². The molecule has 0 radical (unpaired) electrons. The highest BCUT2D eigenvalue weighted by molar-refractivity contribution is 5.77.